The number of amides is 2. The fraction of sp³-hybridized carbons (Fsp3) is 0.462. The minimum atomic E-state index is -0.0732. The Labute approximate surface area is 102 Å². The molecule has 1 fully saturated rings. The lowest BCUT2D eigenvalue weighted by Gasteiger charge is -2.23. The third-order valence-electron chi connectivity index (χ3n) is 3.33. The monoisotopic (exact) mass is 233 g/mol. The van der Waals surface area contributed by atoms with Gasteiger partial charge in [-0.05, 0) is 31.5 Å². The number of nitrogens with zero attached hydrogens (tertiary/aromatic N) is 1. The minimum absolute atomic E-state index is 0.0732. The highest BCUT2D eigenvalue weighted by atomic mass is 16.2. The van der Waals surface area contributed by atoms with Gasteiger partial charge < -0.3 is 16.0 Å². The predicted molar refractivity (Wildman–Crippen MR) is 68.8 cm³/mol. The topological polar surface area (TPSA) is 58.4 Å². The van der Waals surface area contributed by atoms with Crippen LogP contribution in [-0.2, 0) is 0 Å². The van der Waals surface area contributed by atoms with Crippen molar-refractivity contribution in [2.24, 2.45) is 11.1 Å². The van der Waals surface area contributed by atoms with Gasteiger partial charge in [0.25, 0.3) is 0 Å². The molecule has 1 aliphatic carbocycles. The van der Waals surface area contributed by atoms with Crippen molar-refractivity contribution < 1.29 is 4.79 Å². The molecule has 0 spiro atoms. The third-order valence-corrected chi connectivity index (χ3v) is 3.33. The molecular formula is C13H19N3O. The molecule has 0 atom stereocenters. The molecule has 1 aliphatic rings. The van der Waals surface area contributed by atoms with Crippen LogP contribution in [0.15, 0.2) is 30.3 Å². The van der Waals surface area contributed by atoms with Crippen molar-refractivity contribution in [3.8, 4) is 0 Å². The zero-order valence-corrected chi connectivity index (χ0v) is 10.1. The van der Waals surface area contributed by atoms with Gasteiger partial charge >= 0.3 is 6.03 Å². The summed E-state index contributed by atoms with van der Waals surface area (Å²) in [5.41, 5.74) is 6.72. The van der Waals surface area contributed by atoms with Gasteiger partial charge in [-0.25, -0.2) is 4.79 Å². The first-order valence-corrected chi connectivity index (χ1v) is 5.92. The number of hydrogen-bond acceptors (Lipinski definition) is 2. The van der Waals surface area contributed by atoms with E-state index in [4.69, 9.17) is 5.73 Å². The van der Waals surface area contributed by atoms with E-state index in [-0.39, 0.29) is 11.4 Å². The van der Waals surface area contributed by atoms with Crippen molar-refractivity contribution >= 4 is 11.7 Å². The van der Waals surface area contributed by atoms with Gasteiger partial charge in [0.2, 0.25) is 0 Å². The first kappa shape index (κ1) is 11.9. The number of nitrogens with two attached hydrogens (primary N) is 1. The summed E-state index contributed by atoms with van der Waals surface area (Å²) in [5, 5.41) is 2.86. The summed E-state index contributed by atoms with van der Waals surface area (Å²) in [7, 11) is 1.81. The van der Waals surface area contributed by atoms with E-state index >= 15 is 0 Å². The predicted octanol–water partition coefficient (Wildman–Crippen LogP) is 1.89. The van der Waals surface area contributed by atoms with Crippen LogP contribution in [0, 0.1) is 5.41 Å². The van der Waals surface area contributed by atoms with E-state index in [9.17, 15) is 4.79 Å². The first-order chi connectivity index (χ1) is 8.15. The number of benzene rings is 1. The second-order valence-electron chi connectivity index (χ2n) is 4.86. The third kappa shape index (κ3) is 2.97. The molecule has 0 aromatic heterocycles. The Kier molecular flexibility index (Phi) is 3.33. The summed E-state index contributed by atoms with van der Waals surface area (Å²) in [4.78, 5) is 13.6. The number of urea groups is 1. The van der Waals surface area contributed by atoms with Crippen LogP contribution in [0.3, 0.4) is 0 Å². The molecule has 0 saturated heterocycles. The van der Waals surface area contributed by atoms with Gasteiger partial charge in [-0.15, -0.1) is 0 Å². The van der Waals surface area contributed by atoms with Gasteiger partial charge in [-0.1, -0.05) is 18.2 Å². The maximum absolute atomic E-state index is 11.9. The van der Waals surface area contributed by atoms with E-state index in [2.05, 4.69) is 5.32 Å². The van der Waals surface area contributed by atoms with Crippen LogP contribution in [0.25, 0.3) is 0 Å². The van der Waals surface area contributed by atoms with E-state index in [1.54, 1.807) is 4.90 Å². The second kappa shape index (κ2) is 4.75. The van der Waals surface area contributed by atoms with Crippen LogP contribution in [0.5, 0.6) is 0 Å². The Morgan fingerprint density at radius 1 is 1.41 bits per heavy atom. The molecule has 0 unspecified atom stereocenters. The number of carbonyl (C=O) groups excluding carboxylic acids is 1. The molecule has 1 aromatic carbocycles. The summed E-state index contributed by atoms with van der Waals surface area (Å²) < 4.78 is 0. The minimum Gasteiger partial charge on any atom is -0.330 e. The molecule has 17 heavy (non-hydrogen) atoms. The van der Waals surface area contributed by atoms with Crippen molar-refractivity contribution in [3.63, 3.8) is 0 Å². The maximum atomic E-state index is 11.9. The van der Waals surface area contributed by atoms with Gasteiger partial charge in [0.15, 0.2) is 0 Å². The summed E-state index contributed by atoms with van der Waals surface area (Å²) >= 11 is 0. The van der Waals surface area contributed by atoms with Crippen LogP contribution in [0.2, 0.25) is 0 Å². The summed E-state index contributed by atoms with van der Waals surface area (Å²) in [6.45, 7) is 1.40. The molecule has 3 N–H and O–H groups in total. The van der Waals surface area contributed by atoms with E-state index in [0.29, 0.717) is 6.54 Å². The zero-order chi connectivity index (χ0) is 12.3. The van der Waals surface area contributed by atoms with E-state index < -0.39 is 0 Å². The highest BCUT2D eigenvalue weighted by Gasteiger charge is 2.42. The van der Waals surface area contributed by atoms with Crippen molar-refractivity contribution in [2.45, 2.75) is 12.8 Å². The number of para-hydroxylation sites is 1. The SMILES string of the molecule is CN(CC1(CN)CC1)C(=O)Nc1ccccc1. The fourth-order valence-corrected chi connectivity index (χ4v) is 1.92. The fourth-order valence-electron chi connectivity index (χ4n) is 1.92. The summed E-state index contributed by atoms with van der Waals surface area (Å²) in [6.07, 6.45) is 2.26. The van der Waals surface area contributed by atoms with Gasteiger partial charge in [-0.3, -0.25) is 0 Å². The van der Waals surface area contributed by atoms with Crippen molar-refractivity contribution in [3.05, 3.63) is 30.3 Å². The molecule has 0 heterocycles. The largest absolute Gasteiger partial charge is 0.330 e. The maximum Gasteiger partial charge on any atom is 0.321 e. The number of rotatable bonds is 4. The molecule has 1 aromatic rings. The molecule has 2 rings (SSSR count). The van der Waals surface area contributed by atoms with E-state index in [1.807, 2.05) is 37.4 Å². The van der Waals surface area contributed by atoms with Crippen molar-refractivity contribution in [2.75, 3.05) is 25.5 Å². The molecule has 0 aliphatic heterocycles. The van der Waals surface area contributed by atoms with Crippen molar-refractivity contribution in [1.29, 1.82) is 0 Å². The van der Waals surface area contributed by atoms with Crippen LogP contribution in [0.1, 0.15) is 12.8 Å². The normalized spacial score (nSPS) is 16.4. The lowest BCUT2D eigenvalue weighted by Crippen LogP contribution is -2.38. The molecule has 1 saturated carbocycles. The second-order valence-corrected chi connectivity index (χ2v) is 4.86. The average Bonchev–Trinajstić information content (AvgIpc) is 3.11. The van der Waals surface area contributed by atoms with E-state index in [0.717, 1.165) is 25.1 Å². The molecule has 0 radical (unpaired) electrons. The van der Waals surface area contributed by atoms with Gasteiger partial charge in [0.1, 0.15) is 0 Å². The Bertz CT molecular complexity index is 387. The lowest BCUT2D eigenvalue weighted by atomic mass is 10.1. The summed E-state index contributed by atoms with van der Waals surface area (Å²) in [5.74, 6) is 0. The smallest absolute Gasteiger partial charge is 0.321 e. The molecule has 4 heteroatoms. The quantitative estimate of drug-likeness (QED) is 0.834. The molecule has 92 valence electrons. The number of carbonyl (C=O) groups is 1. The Hall–Kier alpha value is -1.55. The summed E-state index contributed by atoms with van der Waals surface area (Å²) in [6, 6.07) is 9.40. The molecule has 2 amide bonds. The molecular weight excluding hydrogens is 214 g/mol. The van der Waals surface area contributed by atoms with Crippen LogP contribution in [0.4, 0.5) is 10.5 Å². The van der Waals surface area contributed by atoms with Gasteiger partial charge in [0, 0.05) is 24.7 Å². The zero-order valence-electron chi connectivity index (χ0n) is 10.1. The van der Waals surface area contributed by atoms with Gasteiger partial charge in [-0.2, -0.15) is 0 Å². The lowest BCUT2D eigenvalue weighted by molar-refractivity contribution is 0.211. The Morgan fingerprint density at radius 2 is 2.06 bits per heavy atom. The van der Waals surface area contributed by atoms with Crippen molar-refractivity contribution in [1.82, 2.24) is 4.90 Å². The number of anilines is 1. The average molecular weight is 233 g/mol. The van der Waals surface area contributed by atoms with Gasteiger partial charge in [0.05, 0.1) is 0 Å². The highest BCUT2D eigenvalue weighted by molar-refractivity contribution is 5.89. The van der Waals surface area contributed by atoms with Crippen LogP contribution >= 0.6 is 0 Å². The first-order valence-electron chi connectivity index (χ1n) is 5.92. The molecule has 0 bridgehead atoms. The standard InChI is InChI=1S/C13H19N3O/c1-16(10-13(9-14)7-8-13)12(17)15-11-5-3-2-4-6-11/h2-6H,7-10,14H2,1H3,(H,15,17). The number of nitrogens with one attached hydrogen (secondary N) is 1. The number of hydrogen-bond donors (Lipinski definition) is 2. The van der Waals surface area contributed by atoms with Crippen LogP contribution < -0.4 is 11.1 Å². The highest BCUT2D eigenvalue weighted by Crippen LogP contribution is 2.44. The van der Waals surface area contributed by atoms with Crippen LogP contribution in [-0.4, -0.2) is 31.1 Å². The Morgan fingerprint density at radius 3 is 2.59 bits per heavy atom. The van der Waals surface area contributed by atoms with E-state index in [1.165, 1.54) is 0 Å². The Balaban J connectivity index is 1.88. The molecule has 4 nitrogen and oxygen atoms in total.